The first-order valence-electron chi connectivity index (χ1n) is 5.64. The number of aromatic nitrogens is 4. The Labute approximate surface area is 106 Å². The molecule has 94 valence electrons. The molecule has 18 heavy (non-hydrogen) atoms. The average molecular weight is 244 g/mol. The van der Waals surface area contributed by atoms with Crippen LogP contribution in [0.3, 0.4) is 0 Å². The predicted molar refractivity (Wildman–Crippen MR) is 71.7 cm³/mol. The van der Waals surface area contributed by atoms with E-state index in [-0.39, 0.29) is 0 Å². The van der Waals surface area contributed by atoms with Crippen LogP contribution in [0.15, 0.2) is 18.5 Å². The van der Waals surface area contributed by atoms with Crippen molar-refractivity contribution in [3.63, 3.8) is 0 Å². The Balaban J connectivity index is 2.57. The topological polar surface area (TPSA) is 66.8 Å². The van der Waals surface area contributed by atoms with Crippen molar-refractivity contribution in [3.8, 4) is 11.4 Å². The highest BCUT2D eigenvalue weighted by Gasteiger charge is 2.10. The van der Waals surface area contributed by atoms with Gasteiger partial charge in [0.25, 0.3) is 0 Å². The minimum Gasteiger partial charge on any atom is -0.357 e. The van der Waals surface area contributed by atoms with Gasteiger partial charge in [0.05, 0.1) is 0 Å². The number of anilines is 2. The predicted octanol–water partition coefficient (Wildman–Crippen LogP) is 1.35. The minimum absolute atomic E-state index is 0.548. The summed E-state index contributed by atoms with van der Waals surface area (Å²) in [5.41, 5.74) is 2.00. The molecular formula is C12H16N6. The highest BCUT2D eigenvalue weighted by Crippen LogP contribution is 2.20. The molecule has 2 heterocycles. The summed E-state index contributed by atoms with van der Waals surface area (Å²) in [4.78, 5) is 19.0. The van der Waals surface area contributed by atoms with Crippen molar-refractivity contribution >= 4 is 11.9 Å². The molecule has 0 radical (unpaired) electrons. The highest BCUT2D eigenvalue weighted by atomic mass is 15.3. The van der Waals surface area contributed by atoms with Gasteiger partial charge >= 0.3 is 0 Å². The van der Waals surface area contributed by atoms with Gasteiger partial charge in [0, 0.05) is 39.1 Å². The molecule has 0 unspecified atom stereocenters. The summed E-state index contributed by atoms with van der Waals surface area (Å²) in [7, 11) is 5.58. The first kappa shape index (κ1) is 12.2. The maximum absolute atomic E-state index is 4.44. The number of rotatable bonds is 3. The van der Waals surface area contributed by atoms with Gasteiger partial charge < -0.3 is 10.2 Å². The molecule has 0 fully saturated rings. The van der Waals surface area contributed by atoms with Crippen LogP contribution in [0.25, 0.3) is 11.4 Å². The van der Waals surface area contributed by atoms with Crippen LogP contribution in [-0.2, 0) is 0 Å². The Hall–Kier alpha value is -2.24. The molecule has 0 spiro atoms. The zero-order valence-corrected chi connectivity index (χ0v) is 11.0. The van der Waals surface area contributed by atoms with Crippen LogP contribution in [0.4, 0.5) is 11.9 Å². The van der Waals surface area contributed by atoms with Crippen LogP contribution >= 0.6 is 0 Å². The van der Waals surface area contributed by atoms with E-state index in [1.165, 1.54) is 0 Å². The van der Waals surface area contributed by atoms with E-state index < -0.39 is 0 Å². The second kappa shape index (κ2) is 4.95. The normalized spacial score (nSPS) is 10.2. The molecule has 6 nitrogen and oxygen atoms in total. The van der Waals surface area contributed by atoms with E-state index in [1.807, 2.05) is 32.0 Å². The average Bonchev–Trinajstić information content (AvgIpc) is 2.38. The van der Waals surface area contributed by atoms with E-state index in [2.05, 4.69) is 25.3 Å². The van der Waals surface area contributed by atoms with Crippen LogP contribution in [0.2, 0.25) is 0 Å². The summed E-state index contributed by atoms with van der Waals surface area (Å²) in [5.74, 6) is 1.79. The van der Waals surface area contributed by atoms with Crippen molar-refractivity contribution in [1.82, 2.24) is 19.9 Å². The summed E-state index contributed by atoms with van der Waals surface area (Å²) in [6.07, 6.45) is 3.52. The zero-order valence-electron chi connectivity index (χ0n) is 11.0. The van der Waals surface area contributed by atoms with E-state index in [9.17, 15) is 0 Å². The molecule has 2 rings (SSSR count). The van der Waals surface area contributed by atoms with Gasteiger partial charge in [-0.2, -0.15) is 15.0 Å². The molecule has 1 N–H and O–H groups in total. The number of hydrogen-bond donors (Lipinski definition) is 1. The molecule has 0 bridgehead atoms. The van der Waals surface area contributed by atoms with Crippen molar-refractivity contribution in [2.45, 2.75) is 6.92 Å². The molecule has 2 aromatic rings. The second-order valence-electron chi connectivity index (χ2n) is 4.12. The fourth-order valence-electron chi connectivity index (χ4n) is 1.50. The van der Waals surface area contributed by atoms with Crippen molar-refractivity contribution in [3.05, 3.63) is 24.0 Å². The summed E-state index contributed by atoms with van der Waals surface area (Å²) in [6.45, 7) is 2.01. The Morgan fingerprint density at radius 1 is 1.17 bits per heavy atom. The van der Waals surface area contributed by atoms with E-state index in [4.69, 9.17) is 0 Å². The molecule has 0 amide bonds. The molecule has 6 heteroatoms. The van der Waals surface area contributed by atoms with Crippen LogP contribution in [0.5, 0.6) is 0 Å². The van der Waals surface area contributed by atoms with Crippen LogP contribution < -0.4 is 10.2 Å². The summed E-state index contributed by atoms with van der Waals surface area (Å²) in [6, 6.07) is 1.94. The van der Waals surface area contributed by atoms with Crippen molar-refractivity contribution < 1.29 is 0 Å². The summed E-state index contributed by atoms with van der Waals surface area (Å²) in [5, 5.41) is 2.94. The third-order valence-electron chi connectivity index (χ3n) is 2.53. The molecule has 0 saturated heterocycles. The van der Waals surface area contributed by atoms with Crippen molar-refractivity contribution in [1.29, 1.82) is 0 Å². The smallest absolute Gasteiger partial charge is 0.230 e. The number of nitrogens with zero attached hydrogens (tertiary/aromatic N) is 5. The number of pyridine rings is 1. The van der Waals surface area contributed by atoms with Crippen LogP contribution in [-0.4, -0.2) is 41.1 Å². The highest BCUT2D eigenvalue weighted by molar-refractivity contribution is 5.60. The van der Waals surface area contributed by atoms with Gasteiger partial charge in [-0.3, -0.25) is 4.98 Å². The van der Waals surface area contributed by atoms with E-state index in [0.717, 1.165) is 11.1 Å². The number of hydrogen-bond acceptors (Lipinski definition) is 6. The van der Waals surface area contributed by atoms with E-state index in [0.29, 0.717) is 17.7 Å². The maximum Gasteiger partial charge on any atom is 0.230 e. The molecular weight excluding hydrogens is 228 g/mol. The lowest BCUT2D eigenvalue weighted by molar-refractivity contribution is 0.961. The molecule has 0 aromatic carbocycles. The fourth-order valence-corrected chi connectivity index (χ4v) is 1.50. The quantitative estimate of drug-likeness (QED) is 0.879. The summed E-state index contributed by atoms with van der Waals surface area (Å²) < 4.78 is 0. The standard InChI is InChI=1S/C12H16N6/c1-8-5-6-14-7-9(8)10-15-11(13-2)17-12(16-10)18(3)4/h5-7H,1-4H3,(H,13,15,16,17). The number of aryl methyl sites for hydroxylation is 1. The largest absolute Gasteiger partial charge is 0.357 e. The summed E-state index contributed by atoms with van der Waals surface area (Å²) >= 11 is 0. The van der Waals surface area contributed by atoms with Crippen LogP contribution in [0.1, 0.15) is 5.56 Å². The zero-order chi connectivity index (χ0) is 13.1. The fraction of sp³-hybridized carbons (Fsp3) is 0.333. The Kier molecular flexibility index (Phi) is 3.36. The van der Waals surface area contributed by atoms with E-state index >= 15 is 0 Å². The second-order valence-corrected chi connectivity index (χ2v) is 4.12. The minimum atomic E-state index is 0.548. The number of nitrogens with one attached hydrogen (secondary N) is 1. The van der Waals surface area contributed by atoms with Gasteiger partial charge in [-0.15, -0.1) is 0 Å². The third-order valence-corrected chi connectivity index (χ3v) is 2.53. The van der Waals surface area contributed by atoms with Gasteiger partial charge in [-0.25, -0.2) is 0 Å². The van der Waals surface area contributed by atoms with Gasteiger partial charge in [0.1, 0.15) is 0 Å². The van der Waals surface area contributed by atoms with Gasteiger partial charge in [-0.05, 0) is 18.6 Å². The van der Waals surface area contributed by atoms with E-state index in [1.54, 1.807) is 19.4 Å². The first-order valence-corrected chi connectivity index (χ1v) is 5.64. The van der Waals surface area contributed by atoms with Gasteiger partial charge in [0.2, 0.25) is 11.9 Å². The third kappa shape index (κ3) is 2.37. The van der Waals surface area contributed by atoms with Crippen molar-refractivity contribution in [2.24, 2.45) is 0 Å². The van der Waals surface area contributed by atoms with Crippen molar-refractivity contribution in [2.75, 3.05) is 31.4 Å². The molecule has 0 atom stereocenters. The molecule has 0 aliphatic heterocycles. The Morgan fingerprint density at radius 3 is 2.56 bits per heavy atom. The lowest BCUT2D eigenvalue weighted by Crippen LogP contribution is -2.15. The first-order chi connectivity index (χ1) is 8.61. The van der Waals surface area contributed by atoms with Gasteiger partial charge in [0.15, 0.2) is 5.82 Å². The Morgan fingerprint density at radius 2 is 1.94 bits per heavy atom. The SMILES string of the molecule is CNc1nc(-c2cnccc2C)nc(N(C)C)n1. The van der Waals surface area contributed by atoms with Crippen LogP contribution in [0, 0.1) is 6.92 Å². The molecule has 2 aromatic heterocycles. The Bertz CT molecular complexity index is 552. The monoisotopic (exact) mass is 244 g/mol. The molecule has 0 aliphatic carbocycles. The lowest BCUT2D eigenvalue weighted by atomic mass is 10.1. The molecule has 0 saturated carbocycles. The maximum atomic E-state index is 4.44. The lowest BCUT2D eigenvalue weighted by Gasteiger charge is -2.13. The van der Waals surface area contributed by atoms with Gasteiger partial charge in [-0.1, -0.05) is 0 Å². The molecule has 0 aliphatic rings.